The maximum Gasteiger partial charge on any atom is 0.416 e. The molecule has 1 unspecified atom stereocenters. The zero-order chi connectivity index (χ0) is 14.0. The number of morpholine rings is 1. The monoisotopic (exact) mass is 274 g/mol. The highest BCUT2D eigenvalue weighted by atomic mass is 19.4. The van der Waals surface area contributed by atoms with Crippen LogP contribution in [0.15, 0.2) is 18.2 Å². The fourth-order valence-corrected chi connectivity index (χ4v) is 2.24. The smallest absolute Gasteiger partial charge is 0.375 e. The maximum absolute atomic E-state index is 12.8. The van der Waals surface area contributed by atoms with Gasteiger partial charge in [-0.3, -0.25) is 0 Å². The normalized spacial score (nSPS) is 20.7. The summed E-state index contributed by atoms with van der Waals surface area (Å²) in [6.45, 7) is 3.80. The van der Waals surface area contributed by atoms with Crippen molar-refractivity contribution < 1.29 is 17.9 Å². The van der Waals surface area contributed by atoms with Crippen molar-refractivity contribution in [3.8, 4) is 0 Å². The first-order valence-electron chi connectivity index (χ1n) is 6.18. The van der Waals surface area contributed by atoms with Gasteiger partial charge in [-0.2, -0.15) is 13.2 Å². The van der Waals surface area contributed by atoms with Crippen molar-refractivity contribution in [1.29, 1.82) is 0 Å². The van der Waals surface area contributed by atoms with Crippen LogP contribution in [-0.4, -0.2) is 25.8 Å². The van der Waals surface area contributed by atoms with E-state index in [1.807, 2.05) is 11.8 Å². The number of hydrogen-bond donors (Lipinski definition) is 1. The number of ether oxygens (including phenoxy) is 1. The molecule has 0 spiro atoms. The number of alkyl halides is 3. The van der Waals surface area contributed by atoms with Crippen LogP contribution in [0.4, 0.5) is 18.9 Å². The third-order valence-electron chi connectivity index (χ3n) is 3.21. The van der Waals surface area contributed by atoms with Crippen molar-refractivity contribution in [3.63, 3.8) is 0 Å². The first-order chi connectivity index (χ1) is 8.91. The summed E-state index contributed by atoms with van der Waals surface area (Å²) in [5.74, 6) is 0. The minimum absolute atomic E-state index is 0.00826. The highest BCUT2D eigenvalue weighted by Gasteiger charge is 2.32. The molecule has 2 N–H and O–H groups in total. The Balaban J connectivity index is 2.35. The Morgan fingerprint density at radius 3 is 2.74 bits per heavy atom. The fourth-order valence-electron chi connectivity index (χ4n) is 2.24. The minimum Gasteiger partial charge on any atom is -0.375 e. The van der Waals surface area contributed by atoms with Crippen LogP contribution in [0.1, 0.15) is 18.1 Å². The van der Waals surface area contributed by atoms with Gasteiger partial charge in [0.1, 0.15) is 0 Å². The lowest BCUT2D eigenvalue weighted by molar-refractivity contribution is -0.137. The van der Waals surface area contributed by atoms with Crippen LogP contribution < -0.4 is 10.6 Å². The van der Waals surface area contributed by atoms with Gasteiger partial charge in [-0.15, -0.1) is 0 Å². The Hall–Kier alpha value is -1.27. The van der Waals surface area contributed by atoms with Crippen molar-refractivity contribution in [2.75, 3.05) is 24.6 Å². The summed E-state index contributed by atoms with van der Waals surface area (Å²) in [5, 5.41) is 0. The third-order valence-corrected chi connectivity index (χ3v) is 3.21. The van der Waals surface area contributed by atoms with Crippen LogP contribution in [0.5, 0.6) is 0 Å². The molecular weight excluding hydrogens is 257 g/mol. The third kappa shape index (κ3) is 3.19. The number of anilines is 1. The van der Waals surface area contributed by atoms with E-state index in [2.05, 4.69) is 0 Å². The van der Waals surface area contributed by atoms with Gasteiger partial charge in [0.2, 0.25) is 0 Å². The second-order valence-electron chi connectivity index (χ2n) is 4.67. The standard InChI is InChI=1S/C13H17F3N2O/c1-9-8-18(4-5-19-9)12-6-11(13(14,15)16)3-2-10(12)7-17/h2-3,6,9H,4-5,7-8,17H2,1H3. The van der Waals surface area contributed by atoms with E-state index >= 15 is 0 Å². The molecule has 106 valence electrons. The number of rotatable bonds is 2. The van der Waals surface area contributed by atoms with Crippen LogP contribution in [0.2, 0.25) is 0 Å². The fraction of sp³-hybridized carbons (Fsp3) is 0.538. The van der Waals surface area contributed by atoms with Gasteiger partial charge in [-0.05, 0) is 24.6 Å². The van der Waals surface area contributed by atoms with Gasteiger partial charge in [-0.25, -0.2) is 0 Å². The summed E-state index contributed by atoms with van der Waals surface area (Å²) in [5.41, 5.74) is 6.26. The molecule has 0 radical (unpaired) electrons. The van der Waals surface area contributed by atoms with Gasteiger partial charge in [-0.1, -0.05) is 6.07 Å². The van der Waals surface area contributed by atoms with Gasteiger partial charge >= 0.3 is 6.18 Å². The molecule has 0 aromatic heterocycles. The molecule has 1 aliphatic heterocycles. The van der Waals surface area contributed by atoms with Gasteiger partial charge in [0, 0.05) is 25.3 Å². The lowest BCUT2D eigenvalue weighted by atomic mass is 10.1. The van der Waals surface area contributed by atoms with E-state index in [0.717, 1.165) is 11.6 Å². The van der Waals surface area contributed by atoms with Crippen molar-refractivity contribution in [2.45, 2.75) is 25.7 Å². The lowest BCUT2D eigenvalue weighted by Gasteiger charge is -2.34. The predicted molar refractivity (Wildman–Crippen MR) is 67.0 cm³/mol. The Labute approximate surface area is 110 Å². The van der Waals surface area contributed by atoms with Gasteiger partial charge in [0.25, 0.3) is 0 Å². The number of halogens is 3. The molecule has 1 aliphatic rings. The summed E-state index contributed by atoms with van der Waals surface area (Å²) < 4.78 is 43.7. The number of nitrogens with two attached hydrogens (primary N) is 1. The van der Waals surface area contributed by atoms with Crippen LogP contribution >= 0.6 is 0 Å². The highest BCUT2D eigenvalue weighted by Crippen LogP contribution is 2.34. The zero-order valence-electron chi connectivity index (χ0n) is 10.7. The van der Waals surface area contributed by atoms with Crippen LogP contribution in [-0.2, 0) is 17.5 Å². The van der Waals surface area contributed by atoms with Crippen molar-refractivity contribution in [2.24, 2.45) is 5.73 Å². The topological polar surface area (TPSA) is 38.5 Å². The SMILES string of the molecule is CC1CN(c2cc(C(F)(F)F)ccc2CN)CCO1. The molecule has 1 saturated heterocycles. The number of nitrogens with zero attached hydrogens (tertiary/aromatic N) is 1. The second-order valence-corrected chi connectivity index (χ2v) is 4.67. The van der Waals surface area contributed by atoms with E-state index in [0.29, 0.717) is 25.4 Å². The highest BCUT2D eigenvalue weighted by molar-refractivity contribution is 5.56. The second kappa shape index (κ2) is 5.38. The molecule has 0 aliphatic carbocycles. The zero-order valence-corrected chi connectivity index (χ0v) is 10.7. The quantitative estimate of drug-likeness (QED) is 0.900. The van der Waals surface area contributed by atoms with Crippen LogP contribution in [0, 0.1) is 0 Å². The molecule has 1 aromatic carbocycles. The van der Waals surface area contributed by atoms with Gasteiger partial charge < -0.3 is 15.4 Å². The van der Waals surface area contributed by atoms with E-state index in [1.54, 1.807) is 0 Å². The molecule has 0 bridgehead atoms. The van der Waals surface area contributed by atoms with E-state index in [-0.39, 0.29) is 12.6 Å². The predicted octanol–water partition coefficient (Wildman–Crippen LogP) is 2.39. The largest absolute Gasteiger partial charge is 0.416 e. The average molecular weight is 274 g/mol. The first kappa shape index (κ1) is 14.1. The van der Waals surface area contributed by atoms with E-state index < -0.39 is 11.7 Å². The van der Waals surface area contributed by atoms with Gasteiger partial charge in [0.15, 0.2) is 0 Å². The Bertz CT molecular complexity index is 448. The molecule has 19 heavy (non-hydrogen) atoms. The summed E-state index contributed by atoms with van der Waals surface area (Å²) >= 11 is 0. The van der Waals surface area contributed by atoms with E-state index in [4.69, 9.17) is 10.5 Å². The molecule has 6 heteroatoms. The maximum atomic E-state index is 12.8. The molecular formula is C13H17F3N2O. The molecule has 3 nitrogen and oxygen atoms in total. The molecule has 0 saturated carbocycles. The number of benzene rings is 1. The summed E-state index contributed by atoms with van der Waals surface area (Å²) in [6, 6.07) is 3.72. The average Bonchev–Trinajstić information content (AvgIpc) is 2.37. The van der Waals surface area contributed by atoms with E-state index in [1.165, 1.54) is 12.1 Å². The summed E-state index contributed by atoms with van der Waals surface area (Å²) in [6.07, 6.45) is -4.33. The Morgan fingerprint density at radius 2 is 2.16 bits per heavy atom. The lowest BCUT2D eigenvalue weighted by Crippen LogP contribution is -2.41. The van der Waals surface area contributed by atoms with Crippen molar-refractivity contribution in [3.05, 3.63) is 29.3 Å². The molecule has 1 atom stereocenters. The van der Waals surface area contributed by atoms with E-state index in [9.17, 15) is 13.2 Å². The molecule has 1 aromatic rings. The van der Waals surface area contributed by atoms with Crippen LogP contribution in [0.3, 0.4) is 0 Å². The molecule has 1 fully saturated rings. The van der Waals surface area contributed by atoms with Crippen molar-refractivity contribution in [1.82, 2.24) is 0 Å². The Morgan fingerprint density at radius 1 is 1.42 bits per heavy atom. The van der Waals surface area contributed by atoms with Gasteiger partial charge in [0.05, 0.1) is 18.3 Å². The number of hydrogen-bond acceptors (Lipinski definition) is 3. The summed E-state index contributed by atoms with van der Waals surface area (Å²) in [7, 11) is 0. The summed E-state index contributed by atoms with van der Waals surface area (Å²) in [4.78, 5) is 1.91. The molecule has 2 rings (SSSR count). The molecule has 0 amide bonds. The molecule has 1 heterocycles. The first-order valence-corrected chi connectivity index (χ1v) is 6.18. The van der Waals surface area contributed by atoms with Crippen LogP contribution in [0.25, 0.3) is 0 Å². The van der Waals surface area contributed by atoms with Crippen molar-refractivity contribution >= 4 is 5.69 Å². The minimum atomic E-state index is -4.33. The Kier molecular flexibility index (Phi) is 4.01.